The van der Waals surface area contributed by atoms with Gasteiger partial charge >= 0.3 is 8.80 Å². The number of amides is 1. The van der Waals surface area contributed by atoms with Gasteiger partial charge < -0.3 is 18.6 Å². The van der Waals surface area contributed by atoms with Crippen molar-refractivity contribution in [1.82, 2.24) is 5.32 Å². The first-order valence-electron chi connectivity index (χ1n) is 9.56. The summed E-state index contributed by atoms with van der Waals surface area (Å²) in [5, 5.41) is 2.97. The average molecular weight is 362 g/mol. The molecule has 0 radical (unpaired) electrons. The van der Waals surface area contributed by atoms with Gasteiger partial charge in [0, 0.05) is 40.3 Å². The van der Waals surface area contributed by atoms with Crippen LogP contribution in [0.25, 0.3) is 0 Å². The van der Waals surface area contributed by atoms with E-state index in [4.69, 9.17) is 13.3 Å². The van der Waals surface area contributed by atoms with E-state index in [0.29, 0.717) is 13.0 Å². The fourth-order valence-electron chi connectivity index (χ4n) is 2.77. The van der Waals surface area contributed by atoms with Crippen molar-refractivity contribution in [2.75, 3.05) is 27.9 Å². The van der Waals surface area contributed by atoms with Crippen LogP contribution < -0.4 is 5.32 Å². The summed E-state index contributed by atoms with van der Waals surface area (Å²) in [4.78, 5) is 11.8. The van der Waals surface area contributed by atoms with Gasteiger partial charge in [0.25, 0.3) is 0 Å². The SMILES string of the molecule is CCCCCCCCCCCC(=O)NCCC[Si](OC)(OC)OC. The van der Waals surface area contributed by atoms with Crippen LogP contribution >= 0.6 is 0 Å². The van der Waals surface area contributed by atoms with Crippen LogP contribution in [-0.4, -0.2) is 42.6 Å². The number of carbonyl (C=O) groups is 1. The Labute approximate surface area is 150 Å². The standard InChI is InChI=1S/C18H39NO4Si/c1-5-6-7-8-9-10-11-12-13-15-18(20)19-16-14-17-24(21-2,22-3)23-4/h5-17H2,1-4H3,(H,19,20). The third kappa shape index (κ3) is 12.0. The van der Waals surface area contributed by atoms with Gasteiger partial charge in [0.05, 0.1) is 0 Å². The zero-order valence-corrected chi connectivity index (χ0v) is 17.3. The molecule has 0 unspecified atom stereocenters. The molecule has 144 valence electrons. The summed E-state index contributed by atoms with van der Waals surface area (Å²) >= 11 is 0. The Morgan fingerprint density at radius 1 is 0.792 bits per heavy atom. The molecule has 0 heterocycles. The van der Waals surface area contributed by atoms with E-state index in [-0.39, 0.29) is 5.91 Å². The molecule has 5 nitrogen and oxygen atoms in total. The van der Waals surface area contributed by atoms with Gasteiger partial charge in [-0.3, -0.25) is 4.79 Å². The van der Waals surface area contributed by atoms with E-state index in [2.05, 4.69) is 12.2 Å². The van der Waals surface area contributed by atoms with Crippen LogP contribution in [0.5, 0.6) is 0 Å². The predicted molar refractivity (Wildman–Crippen MR) is 101 cm³/mol. The van der Waals surface area contributed by atoms with Crippen LogP contribution in [0.3, 0.4) is 0 Å². The fraction of sp³-hybridized carbons (Fsp3) is 0.944. The molecular formula is C18H39NO4Si. The van der Waals surface area contributed by atoms with E-state index in [1.807, 2.05) is 0 Å². The van der Waals surface area contributed by atoms with E-state index in [1.54, 1.807) is 21.3 Å². The molecule has 0 spiro atoms. The summed E-state index contributed by atoms with van der Waals surface area (Å²) in [5.41, 5.74) is 0. The normalized spacial score (nSPS) is 11.7. The van der Waals surface area contributed by atoms with Crippen molar-refractivity contribution < 1.29 is 18.1 Å². The fourth-order valence-corrected chi connectivity index (χ4v) is 4.50. The van der Waals surface area contributed by atoms with E-state index >= 15 is 0 Å². The third-order valence-electron chi connectivity index (χ3n) is 4.42. The van der Waals surface area contributed by atoms with Crippen molar-refractivity contribution >= 4 is 14.7 Å². The Morgan fingerprint density at radius 2 is 1.29 bits per heavy atom. The van der Waals surface area contributed by atoms with Gasteiger partial charge in [-0.2, -0.15) is 0 Å². The minimum absolute atomic E-state index is 0.150. The molecular weight excluding hydrogens is 322 g/mol. The van der Waals surface area contributed by atoms with Gasteiger partial charge in [0.2, 0.25) is 5.91 Å². The molecule has 0 aliphatic heterocycles. The van der Waals surface area contributed by atoms with Gasteiger partial charge in [-0.25, -0.2) is 0 Å². The van der Waals surface area contributed by atoms with Crippen LogP contribution in [0.2, 0.25) is 6.04 Å². The minimum atomic E-state index is -2.49. The maximum atomic E-state index is 11.8. The summed E-state index contributed by atoms with van der Waals surface area (Å²) in [6.45, 7) is 2.90. The first-order valence-corrected chi connectivity index (χ1v) is 11.5. The molecule has 6 heteroatoms. The summed E-state index contributed by atoms with van der Waals surface area (Å²) in [6, 6.07) is 0.717. The first kappa shape index (κ1) is 23.6. The molecule has 0 fully saturated rings. The van der Waals surface area contributed by atoms with Crippen LogP contribution in [0.15, 0.2) is 0 Å². The molecule has 0 atom stereocenters. The van der Waals surface area contributed by atoms with Gasteiger partial charge in [-0.1, -0.05) is 58.3 Å². The molecule has 0 bridgehead atoms. The Balaban J connectivity index is 3.47. The molecule has 0 rings (SSSR count). The maximum absolute atomic E-state index is 11.8. The van der Waals surface area contributed by atoms with E-state index in [9.17, 15) is 4.79 Å². The number of hydrogen-bond donors (Lipinski definition) is 1. The first-order chi connectivity index (χ1) is 11.6. The highest BCUT2D eigenvalue weighted by Gasteiger charge is 2.36. The molecule has 0 aliphatic carbocycles. The number of hydrogen-bond acceptors (Lipinski definition) is 4. The Kier molecular flexibility index (Phi) is 15.8. The van der Waals surface area contributed by atoms with Crippen molar-refractivity contribution in [3.8, 4) is 0 Å². The second kappa shape index (κ2) is 16.1. The highest BCUT2D eigenvalue weighted by Crippen LogP contribution is 2.14. The largest absolute Gasteiger partial charge is 0.500 e. The van der Waals surface area contributed by atoms with Crippen LogP contribution in [0.1, 0.15) is 77.6 Å². The molecule has 1 amide bonds. The highest BCUT2D eigenvalue weighted by atomic mass is 28.4. The lowest BCUT2D eigenvalue weighted by molar-refractivity contribution is -0.121. The maximum Gasteiger partial charge on any atom is 0.500 e. The number of nitrogens with one attached hydrogen (secondary N) is 1. The zero-order chi connectivity index (χ0) is 18.1. The van der Waals surface area contributed by atoms with E-state index in [0.717, 1.165) is 25.3 Å². The van der Waals surface area contributed by atoms with Crippen molar-refractivity contribution in [1.29, 1.82) is 0 Å². The Morgan fingerprint density at radius 3 is 1.79 bits per heavy atom. The Hall–Kier alpha value is -0.433. The quantitative estimate of drug-likeness (QED) is 0.310. The number of carbonyl (C=O) groups excluding carboxylic acids is 1. The lowest BCUT2D eigenvalue weighted by Gasteiger charge is -2.24. The second-order valence-corrected chi connectivity index (χ2v) is 9.42. The van der Waals surface area contributed by atoms with Gasteiger partial charge in [0.15, 0.2) is 0 Å². The van der Waals surface area contributed by atoms with Crippen molar-refractivity contribution in [2.24, 2.45) is 0 Å². The zero-order valence-electron chi connectivity index (χ0n) is 16.3. The van der Waals surface area contributed by atoms with Gasteiger partial charge in [-0.05, 0) is 12.8 Å². The topological polar surface area (TPSA) is 56.8 Å². The minimum Gasteiger partial charge on any atom is -0.377 e. The van der Waals surface area contributed by atoms with Crippen LogP contribution in [0, 0.1) is 0 Å². The van der Waals surface area contributed by atoms with Crippen molar-refractivity contribution in [2.45, 2.75) is 83.6 Å². The molecule has 0 saturated heterocycles. The number of rotatable bonds is 17. The van der Waals surface area contributed by atoms with Gasteiger partial charge in [0.1, 0.15) is 0 Å². The van der Waals surface area contributed by atoms with Crippen molar-refractivity contribution in [3.63, 3.8) is 0 Å². The predicted octanol–water partition coefficient (Wildman–Crippen LogP) is 4.29. The van der Waals surface area contributed by atoms with Crippen molar-refractivity contribution in [3.05, 3.63) is 0 Å². The summed E-state index contributed by atoms with van der Waals surface area (Å²) < 4.78 is 16.1. The van der Waals surface area contributed by atoms with E-state index < -0.39 is 8.80 Å². The van der Waals surface area contributed by atoms with Gasteiger partial charge in [-0.15, -0.1) is 0 Å². The monoisotopic (exact) mass is 361 g/mol. The van der Waals surface area contributed by atoms with Crippen LogP contribution in [-0.2, 0) is 18.1 Å². The lowest BCUT2D eigenvalue weighted by atomic mass is 10.1. The van der Waals surface area contributed by atoms with Crippen LogP contribution in [0.4, 0.5) is 0 Å². The average Bonchev–Trinajstić information content (AvgIpc) is 2.61. The Bertz CT molecular complexity index is 290. The number of unbranched alkanes of at least 4 members (excludes halogenated alkanes) is 8. The molecule has 1 N–H and O–H groups in total. The molecule has 0 aliphatic rings. The van der Waals surface area contributed by atoms with E-state index in [1.165, 1.54) is 44.9 Å². The summed E-state index contributed by atoms with van der Waals surface area (Å²) in [7, 11) is 2.34. The third-order valence-corrected chi connectivity index (χ3v) is 7.25. The molecule has 24 heavy (non-hydrogen) atoms. The second-order valence-electron chi connectivity index (χ2n) is 6.33. The molecule has 0 aromatic carbocycles. The summed E-state index contributed by atoms with van der Waals surface area (Å²) in [6.07, 6.45) is 12.9. The molecule has 0 aromatic rings. The lowest BCUT2D eigenvalue weighted by Crippen LogP contribution is -2.43. The molecule has 0 saturated carbocycles. The molecule has 0 aromatic heterocycles. The highest BCUT2D eigenvalue weighted by molar-refractivity contribution is 6.60. The summed E-state index contributed by atoms with van der Waals surface area (Å²) in [5.74, 6) is 0.150. The smallest absolute Gasteiger partial charge is 0.377 e.